The van der Waals surface area contributed by atoms with Crippen LogP contribution in [0, 0.1) is 5.82 Å². The van der Waals surface area contributed by atoms with Crippen molar-refractivity contribution in [1.29, 1.82) is 0 Å². The Balaban J connectivity index is 2.79. The molecule has 116 valence electrons. The number of nitrogens with one attached hydrogen (secondary N) is 1. The van der Waals surface area contributed by atoms with E-state index < -0.39 is 11.9 Å². The molecule has 21 heavy (non-hydrogen) atoms. The van der Waals surface area contributed by atoms with E-state index in [2.05, 4.69) is 10.5 Å². The fraction of sp³-hybridized carbons (Fsp3) is 0.429. The molecule has 0 saturated carbocycles. The summed E-state index contributed by atoms with van der Waals surface area (Å²) in [7, 11) is 1.71. The zero-order chi connectivity index (χ0) is 16.0. The summed E-state index contributed by atoms with van der Waals surface area (Å²) in [5.74, 6) is -0.918. The molecule has 1 aromatic carbocycles. The zero-order valence-electron chi connectivity index (χ0n) is 12.4. The van der Waals surface area contributed by atoms with Crippen molar-refractivity contribution in [2.75, 3.05) is 13.6 Å². The van der Waals surface area contributed by atoms with Gasteiger partial charge in [-0.15, -0.1) is 0 Å². The lowest BCUT2D eigenvalue weighted by Gasteiger charge is -2.20. The van der Waals surface area contributed by atoms with Crippen LogP contribution in [0.4, 0.5) is 4.39 Å². The lowest BCUT2D eigenvalue weighted by Crippen LogP contribution is -2.42. The van der Waals surface area contributed by atoms with E-state index in [9.17, 15) is 9.18 Å². The summed E-state index contributed by atoms with van der Waals surface area (Å²) < 4.78 is 14.2. The summed E-state index contributed by atoms with van der Waals surface area (Å²) >= 11 is 0. The molecule has 1 unspecified atom stereocenters. The normalized spacial score (nSPS) is 13.0. The van der Waals surface area contributed by atoms with Gasteiger partial charge in [-0.3, -0.25) is 4.79 Å². The molecule has 1 rings (SSSR count). The zero-order valence-corrected chi connectivity index (χ0v) is 12.4. The molecule has 0 aliphatic carbocycles. The van der Waals surface area contributed by atoms with Crippen LogP contribution in [0.2, 0.25) is 0 Å². The standard InChI is InChI=1S/C14H21FN4O2/c1-4-19(3)14(20)9(2)17-8-10-6-5-7-11(12(10)15)13(16)18-21/h5-7,9,17,21H,4,8H2,1-3H3,(H2,16,18). The molecule has 0 aromatic heterocycles. The second-order valence-corrected chi connectivity index (χ2v) is 4.72. The Hall–Kier alpha value is -2.15. The van der Waals surface area contributed by atoms with Crippen LogP contribution in [0.3, 0.4) is 0 Å². The molecular formula is C14H21FN4O2. The van der Waals surface area contributed by atoms with Crippen molar-refractivity contribution in [3.05, 3.63) is 35.1 Å². The maximum atomic E-state index is 14.2. The van der Waals surface area contributed by atoms with Crippen LogP contribution in [0.5, 0.6) is 0 Å². The highest BCUT2D eigenvalue weighted by atomic mass is 19.1. The number of carbonyl (C=O) groups is 1. The number of nitrogens with zero attached hydrogens (tertiary/aromatic N) is 2. The number of carbonyl (C=O) groups excluding carboxylic acids is 1. The number of halogens is 1. The smallest absolute Gasteiger partial charge is 0.239 e. The number of amides is 1. The Morgan fingerprint density at radius 1 is 1.57 bits per heavy atom. The third-order valence-electron chi connectivity index (χ3n) is 3.28. The number of nitrogens with two attached hydrogens (primary N) is 1. The van der Waals surface area contributed by atoms with Crippen LogP contribution in [0.1, 0.15) is 25.0 Å². The van der Waals surface area contributed by atoms with E-state index in [0.29, 0.717) is 12.1 Å². The van der Waals surface area contributed by atoms with Gasteiger partial charge in [-0.05, 0) is 19.9 Å². The van der Waals surface area contributed by atoms with E-state index in [0.717, 1.165) is 0 Å². The Kier molecular flexibility index (Phi) is 6.10. The molecule has 6 nitrogen and oxygen atoms in total. The molecule has 0 bridgehead atoms. The van der Waals surface area contributed by atoms with Gasteiger partial charge < -0.3 is 21.2 Å². The Labute approximate surface area is 123 Å². The van der Waals surface area contributed by atoms with Crippen LogP contribution < -0.4 is 11.1 Å². The lowest BCUT2D eigenvalue weighted by molar-refractivity contribution is -0.131. The molecule has 0 fully saturated rings. The average molecular weight is 296 g/mol. The van der Waals surface area contributed by atoms with Crippen LogP contribution in [-0.2, 0) is 11.3 Å². The predicted octanol–water partition coefficient (Wildman–Crippen LogP) is 0.877. The van der Waals surface area contributed by atoms with E-state index in [4.69, 9.17) is 10.9 Å². The van der Waals surface area contributed by atoms with Crippen LogP contribution in [0.25, 0.3) is 0 Å². The van der Waals surface area contributed by atoms with E-state index in [1.165, 1.54) is 6.07 Å². The summed E-state index contributed by atoms with van der Waals surface area (Å²) in [5, 5.41) is 14.4. The van der Waals surface area contributed by atoms with Crippen molar-refractivity contribution < 1.29 is 14.4 Å². The maximum Gasteiger partial charge on any atom is 0.239 e. The third-order valence-corrected chi connectivity index (χ3v) is 3.28. The van der Waals surface area contributed by atoms with E-state index >= 15 is 0 Å². The van der Waals surface area contributed by atoms with Gasteiger partial charge in [-0.2, -0.15) is 0 Å². The van der Waals surface area contributed by atoms with E-state index in [1.807, 2.05) is 6.92 Å². The maximum absolute atomic E-state index is 14.2. The van der Waals surface area contributed by atoms with Gasteiger partial charge >= 0.3 is 0 Å². The van der Waals surface area contributed by atoms with E-state index in [-0.39, 0.29) is 23.9 Å². The molecule has 0 saturated heterocycles. The van der Waals surface area contributed by atoms with Gasteiger partial charge in [0.25, 0.3) is 0 Å². The molecule has 0 heterocycles. The van der Waals surface area contributed by atoms with Crippen LogP contribution >= 0.6 is 0 Å². The number of rotatable bonds is 6. The summed E-state index contributed by atoms with van der Waals surface area (Å²) in [4.78, 5) is 13.5. The summed E-state index contributed by atoms with van der Waals surface area (Å²) in [6, 6.07) is 4.18. The minimum absolute atomic E-state index is 0.0291. The molecule has 0 radical (unpaired) electrons. The minimum atomic E-state index is -0.566. The van der Waals surface area contributed by atoms with E-state index in [1.54, 1.807) is 31.0 Å². The van der Waals surface area contributed by atoms with Gasteiger partial charge in [-0.25, -0.2) is 4.39 Å². The second kappa shape index (κ2) is 7.58. The lowest BCUT2D eigenvalue weighted by atomic mass is 10.1. The van der Waals surface area contributed by atoms with Crippen molar-refractivity contribution in [1.82, 2.24) is 10.2 Å². The molecular weight excluding hydrogens is 275 g/mol. The number of oxime groups is 1. The van der Waals surface area contributed by atoms with Crippen molar-refractivity contribution in [3.8, 4) is 0 Å². The predicted molar refractivity (Wildman–Crippen MR) is 78.5 cm³/mol. The molecule has 4 N–H and O–H groups in total. The Bertz CT molecular complexity index is 534. The largest absolute Gasteiger partial charge is 0.409 e. The minimum Gasteiger partial charge on any atom is -0.409 e. The van der Waals surface area contributed by atoms with Gasteiger partial charge in [0.15, 0.2) is 5.84 Å². The Morgan fingerprint density at radius 3 is 2.81 bits per heavy atom. The fourth-order valence-electron chi connectivity index (χ4n) is 1.80. The summed E-state index contributed by atoms with van der Waals surface area (Å²) in [6.45, 7) is 4.38. The van der Waals surface area contributed by atoms with Crippen LogP contribution in [-0.4, -0.2) is 41.5 Å². The van der Waals surface area contributed by atoms with Crippen LogP contribution in [0.15, 0.2) is 23.4 Å². The molecule has 0 spiro atoms. The SMILES string of the molecule is CCN(C)C(=O)C(C)NCc1cccc(/C(N)=N/O)c1F. The number of benzene rings is 1. The number of hydrogen-bond donors (Lipinski definition) is 3. The summed E-state index contributed by atoms with van der Waals surface area (Å²) in [5.41, 5.74) is 5.78. The van der Waals surface area contributed by atoms with Crippen molar-refractivity contribution in [2.24, 2.45) is 10.9 Å². The quantitative estimate of drug-likeness (QED) is 0.314. The van der Waals surface area contributed by atoms with Gasteiger partial charge in [0.05, 0.1) is 11.6 Å². The highest BCUT2D eigenvalue weighted by Gasteiger charge is 2.17. The first kappa shape index (κ1) is 16.9. The van der Waals surface area contributed by atoms with Crippen molar-refractivity contribution in [3.63, 3.8) is 0 Å². The number of likely N-dealkylation sites (N-methyl/N-ethyl adjacent to an activating group) is 1. The third kappa shape index (κ3) is 4.16. The number of hydrogen-bond acceptors (Lipinski definition) is 4. The first-order valence-electron chi connectivity index (χ1n) is 6.66. The van der Waals surface area contributed by atoms with Crippen molar-refractivity contribution >= 4 is 11.7 Å². The highest BCUT2D eigenvalue weighted by Crippen LogP contribution is 2.13. The fourth-order valence-corrected chi connectivity index (χ4v) is 1.80. The van der Waals surface area contributed by atoms with Gasteiger partial charge in [-0.1, -0.05) is 17.3 Å². The van der Waals surface area contributed by atoms with Gasteiger partial charge in [0.2, 0.25) is 5.91 Å². The monoisotopic (exact) mass is 296 g/mol. The second-order valence-electron chi connectivity index (χ2n) is 4.72. The molecule has 1 aromatic rings. The summed E-state index contributed by atoms with van der Waals surface area (Å²) in [6.07, 6.45) is 0. The van der Waals surface area contributed by atoms with Gasteiger partial charge in [0, 0.05) is 25.7 Å². The van der Waals surface area contributed by atoms with Crippen molar-refractivity contribution in [2.45, 2.75) is 26.4 Å². The highest BCUT2D eigenvalue weighted by molar-refractivity contribution is 5.97. The Morgan fingerprint density at radius 2 is 2.24 bits per heavy atom. The average Bonchev–Trinajstić information content (AvgIpc) is 2.51. The molecule has 0 aliphatic rings. The first-order valence-corrected chi connectivity index (χ1v) is 6.66. The molecule has 1 atom stereocenters. The molecule has 7 heteroatoms. The van der Waals surface area contributed by atoms with Gasteiger partial charge in [0.1, 0.15) is 5.82 Å². The number of amidine groups is 1. The topological polar surface area (TPSA) is 91.0 Å². The molecule has 0 aliphatic heterocycles. The first-order chi connectivity index (χ1) is 9.92. The molecule has 1 amide bonds.